The molecule has 0 aromatic heterocycles. The van der Waals surface area contributed by atoms with Crippen LogP contribution in [0.15, 0.2) is 12.2 Å². The Bertz CT molecular complexity index is 475. The highest BCUT2D eigenvalue weighted by molar-refractivity contribution is 5.75. The van der Waals surface area contributed by atoms with Gasteiger partial charge in [0.2, 0.25) is 0 Å². The summed E-state index contributed by atoms with van der Waals surface area (Å²) in [7, 11) is 0. The van der Waals surface area contributed by atoms with Crippen LogP contribution in [0.5, 0.6) is 0 Å². The van der Waals surface area contributed by atoms with Crippen molar-refractivity contribution in [1.29, 1.82) is 0 Å². The summed E-state index contributed by atoms with van der Waals surface area (Å²) in [6.45, 7) is 1.53. The number of carbonyl (C=O) groups is 3. The van der Waals surface area contributed by atoms with Gasteiger partial charge in [-0.1, -0.05) is 70.4 Å². The highest BCUT2D eigenvalue weighted by Crippen LogP contribution is 2.09. The number of hydrogen-bond acceptors (Lipinski definition) is 6. The second-order valence-electron chi connectivity index (χ2n) is 8.03. The third kappa shape index (κ3) is 43.8. The fourth-order valence-electron chi connectivity index (χ4n) is 2.62. The molecule has 0 aliphatic rings. The Morgan fingerprint density at radius 1 is 0.588 bits per heavy atom. The van der Waals surface area contributed by atoms with Crippen molar-refractivity contribution < 1.29 is 45.0 Å². The van der Waals surface area contributed by atoms with Crippen molar-refractivity contribution in [2.75, 3.05) is 13.2 Å². The van der Waals surface area contributed by atoms with Crippen LogP contribution >= 0.6 is 0 Å². The summed E-state index contributed by atoms with van der Waals surface area (Å²) in [4.78, 5) is 29.6. The van der Waals surface area contributed by atoms with E-state index in [0.717, 1.165) is 12.8 Å². The monoisotopic (exact) mass is 492 g/mol. The number of unbranched alkanes of at least 4 members (excludes halogenated alkanes) is 11. The minimum Gasteiger partial charge on any atom is -0.481 e. The summed E-state index contributed by atoms with van der Waals surface area (Å²) in [5.41, 5.74) is 0. The van der Waals surface area contributed by atoms with Gasteiger partial charge in [-0.05, 0) is 32.1 Å². The molecule has 0 saturated carbocycles. The average molecular weight is 493 g/mol. The van der Waals surface area contributed by atoms with Gasteiger partial charge in [0.1, 0.15) is 6.10 Å². The lowest BCUT2D eigenvalue weighted by atomic mass is 10.1. The van der Waals surface area contributed by atoms with Crippen LogP contribution < -0.4 is 0 Å². The molecule has 9 nitrogen and oxygen atoms in total. The lowest BCUT2D eigenvalue weighted by Crippen LogP contribution is -2.15. The molecule has 0 unspecified atom stereocenters. The fraction of sp³-hybridized carbons (Fsp3) is 0.800. The second-order valence-corrected chi connectivity index (χ2v) is 8.03. The van der Waals surface area contributed by atoms with Crippen molar-refractivity contribution in [1.82, 2.24) is 0 Å². The van der Waals surface area contributed by atoms with E-state index in [1.807, 2.05) is 0 Å². The van der Waals surface area contributed by atoms with Crippen molar-refractivity contribution in [3.63, 3.8) is 0 Å². The number of hydrogen-bond donors (Lipinski definition) is 6. The van der Waals surface area contributed by atoms with E-state index in [1.54, 1.807) is 0 Å². The van der Waals surface area contributed by atoms with Crippen LogP contribution in [-0.4, -0.2) is 67.9 Å². The summed E-state index contributed by atoms with van der Waals surface area (Å²) in [6, 6.07) is 0. The Morgan fingerprint density at radius 3 is 1.26 bits per heavy atom. The minimum absolute atomic E-state index is 0.296. The molecule has 0 radical (unpaired) electrons. The molecule has 0 saturated heterocycles. The van der Waals surface area contributed by atoms with E-state index in [1.165, 1.54) is 70.6 Å². The molecule has 0 spiro atoms. The summed E-state index contributed by atoms with van der Waals surface area (Å²) < 4.78 is 0. The Kier molecular flexibility index (Phi) is 33.4. The van der Waals surface area contributed by atoms with E-state index in [2.05, 4.69) is 19.1 Å². The molecule has 0 aliphatic carbocycles. The van der Waals surface area contributed by atoms with E-state index in [9.17, 15) is 14.4 Å². The maximum atomic E-state index is 10.3. The molecule has 0 amide bonds. The number of carboxylic acid groups (broad SMARTS) is 3. The molecule has 0 aliphatic heterocycles. The molecule has 9 heteroatoms. The van der Waals surface area contributed by atoms with E-state index in [-0.39, 0.29) is 26.1 Å². The van der Waals surface area contributed by atoms with E-state index < -0.39 is 24.0 Å². The molecule has 6 N–H and O–H groups in total. The van der Waals surface area contributed by atoms with Crippen LogP contribution in [0.1, 0.15) is 110 Å². The zero-order valence-electron chi connectivity index (χ0n) is 20.9. The topological polar surface area (TPSA) is 173 Å². The molecule has 34 heavy (non-hydrogen) atoms. The maximum absolute atomic E-state index is 10.3. The minimum atomic E-state index is -1.08. The first-order chi connectivity index (χ1) is 16.2. The first-order valence-electron chi connectivity index (χ1n) is 12.4. The molecule has 0 aromatic rings. The third-order valence-electron chi connectivity index (χ3n) is 4.63. The van der Waals surface area contributed by atoms with Gasteiger partial charge >= 0.3 is 17.9 Å². The van der Waals surface area contributed by atoms with Gasteiger partial charge in [-0.2, -0.15) is 0 Å². The summed E-state index contributed by atoms with van der Waals surface area (Å²) in [5.74, 6) is -2.82. The Labute approximate surface area is 204 Å². The molecule has 0 bridgehead atoms. The number of aliphatic hydroxyl groups is 3. The second kappa shape index (κ2) is 31.0. The van der Waals surface area contributed by atoms with Crippen LogP contribution in [0.3, 0.4) is 0 Å². The Balaban J connectivity index is -0.000000560. The molecular weight excluding hydrogens is 444 g/mol. The Hall–Kier alpha value is -1.97. The van der Waals surface area contributed by atoms with Gasteiger partial charge in [0.15, 0.2) is 0 Å². The summed E-state index contributed by atoms with van der Waals surface area (Å²) in [5, 5.41) is 48.3. The van der Waals surface area contributed by atoms with Crippen molar-refractivity contribution in [3.8, 4) is 0 Å². The van der Waals surface area contributed by atoms with E-state index >= 15 is 0 Å². The zero-order chi connectivity index (χ0) is 26.5. The lowest BCUT2D eigenvalue weighted by molar-refractivity contribution is -0.143. The largest absolute Gasteiger partial charge is 0.481 e. The van der Waals surface area contributed by atoms with Gasteiger partial charge in [-0.25, -0.2) is 0 Å². The number of carboxylic acids is 3. The zero-order valence-corrected chi connectivity index (χ0v) is 20.9. The standard InChI is InChI=1S/C18H34O2.C4H6O4.C3H8O3/c1-2-3-4-5-6-7-8-9-10-11-12-13-14-15-16-17-18(19)20;5-3(6)1-2-4(7)8;4-1-3(6)2-5/h9-10H,2-8,11-17H2,1H3,(H,19,20);1-2H2,(H,5,6)(H,7,8);3-6H,1-2H2/b10-9-;;. The third-order valence-corrected chi connectivity index (χ3v) is 4.63. The van der Waals surface area contributed by atoms with Crippen LogP contribution in [0.25, 0.3) is 0 Å². The lowest BCUT2D eigenvalue weighted by Gasteiger charge is -1.99. The highest BCUT2D eigenvalue weighted by atomic mass is 16.4. The quantitative estimate of drug-likeness (QED) is 0.106. The predicted molar refractivity (Wildman–Crippen MR) is 132 cm³/mol. The molecule has 0 heterocycles. The van der Waals surface area contributed by atoms with Crippen LogP contribution in [0.2, 0.25) is 0 Å². The van der Waals surface area contributed by atoms with Gasteiger partial charge in [-0.15, -0.1) is 0 Å². The van der Waals surface area contributed by atoms with Crippen LogP contribution in [0.4, 0.5) is 0 Å². The van der Waals surface area contributed by atoms with Gasteiger partial charge in [0.05, 0.1) is 26.1 Å². The van der Waals surface area contributed by atoms with Crippen molar-refractivity contribution in [2.24, 2.45) is 0 Å². The van der Waals surface area contributed by atoms with Gasteiger partial charge in [0, 0.05) is 6.42 Å². The molecular formula is C25H48O9. The summed E-state index contributed by atoms with van der Waals surface area (Å²) in [6.07, 6.45) is 19.7. The summed E-state index contributed by atoms with van der Waals surface area (Å²) >= 11 is 0. The van der Waals surface area contributed by atoms with Crippen LogP contribution in [0, 0.1) is 0 Å². The van der Waals surface area contributed by atoms with E-state index in [4.69, 9.17) is 30.6 Å². The number of aliphatic carboxylic acids is 3. The molecule has 0 rings (SSSR count). The van der Waals surface area contributed by atoms with Crippen LogP contribution in [-0.2, 0) is 14.4 Å². The first kappa shape index (κ1) is 36.6. The van der Waals surface area contributed by atoms with Crippen molar-refractivity contribution in [3.05, 3.63) is 12.2 Å². The highest BCUT2D eigenvalue weighted by Gasteiger charge is 2.00. The first-order valence-corrected chi connectivity index (χ1v) is 12.4. The van der Waals surface area contributed by atoms with Crippen molar-refractivity contribution in [2.45, 2.75) is 116 Å². The molecule has 202 valence electrons. The number of aliphatic hydroxyl groups excluding tert-OH is 3. The predicted octanol–water partition coefficient (Wildman–Crippen LogP) is 4.38. The number of rotatable bonds is 20. The van der Waals surface area contributed by atoms with Gasteiger partial charge < -0.3 is 30.6 Å². The normalized spacial score (nSPS) is 10.4. The fourth-order valence-corrected chi connectivity index (χ4v) is 2.62. The smallest absolute Gasteiger partial charge is 0.303 e. The SMILES string of the molecule is CCCCCCCC/C=C\CCCCCCCC(=O)O.O=C(O)CCC(=O)O.OCC(O)CO. The average Bonchev–Trinajstić information content (AvgIpc) is 2.80. The van der Waals surface area contributed by atoms with E-state index in [0.29, 0.717) is 6.42 Å². The molecule has 0 fully saturated rings. The Morgan fingerprint density at radius 2 is 0.941 bits per heavy atom. The number of allylic oxidation sites excluding steroid dienone is 2. The van der Waals surface area contributed by atoms with Gasteiger partial charge in [0.25, 0.3) is 0 Å². The molecule has 0 aromatic carbocycles. The van der Waals surface area contributed by atoms with Crippen molar-refractivity contribution >= 4 is 17.9 Å². The maximum Gasteiger partial charge on any atom is 0.303 e. The molecule has 0 atom stereocenters. The van der Waals surface area contributed by atoms with Gasteiger partial charge in [-0.3, -0.25) is 14.4 Å².